The van der Waals surface area contributed by atoms with Crippen molar-refractivity contribution in [2.45, 2.75) is 0 Å². The molecule has 0 amide bonds. The van der Waals surface area contributed by atoms with Gasteiger partial charge in [-0.05, 0) is 46.8 Å². The summed E-state index contributed by atoms with van der Waals surface area (Å²) in [6.07, 6.45) is 3.04. The monoisotopic (exact) mass is 339 g/mol. The van der Waals surface area contributed by atoms with E-state index >= 15 is 0 Å². The Morgan fingerprint density at radius 2 is 2.08 bits per heavy atom. The Kier molecular flexibility index (Phi) is 3.60. The molecule has 3 heterocycles. The zero-order valence-electron chi connectivity index (χ0n) is 12.1. The highest BCUT2D eigenvalue weighted by molar-refractivity contribution is 7.13. The number of rotatable bonds is 4. The van der Waals surface area contributed by atoms with Crippen LogP contribution in [0.3, 0.4) is 0 Å². The van der Waals surface area contributed by atoms with E-state index in [1.165, 1.54) is 22.3 Å². The number of thiazole rings is 1. The Hall–Kier alpha value is -3.33. The summed E-state index contributed by atoms with van der Waals surface area (Å²) in [6.45, 7) is 0. The van der Waals surface area contributed by atoms with Crippen LogP contribution in [0.2, 0.25) is 0 Å². The minimum absolute atomic E-state index is 0.232. The molecule has 0 bridgehead atoms. The summed E-state index contributed by atoms with van der Waals surface area (Å²) in [5, 5.41) is 13.2. The fourth-order valence-corrected chi connectivity index (χ4v) is 2.74. The Morgan fingerprint density at radius 1 is 1.21 bits per heavy atom. The largest absolute Gasteiger partial charge is 0.462 e. The van der Waals surface area contributed by atoms with Crippen molar-refractivity contribution in [1.29, 1.82) is 0 Å². The number of carbonyl (C=O) groups excluding carboxylic acids is 1. The molecule has 118 valence electrons. The van der Waals surface area contributed by atoms with Crippen molar-refractivity contribution < 1.29 is 13.9 Å². The van der Waals surface area contributed by atoms with Gasteiger partial charge in [-0.3, -0.25) is 0 Å². The molecule has 0 aliphatic carbocycles. The van der Waals surface area contributed by atoms with Crippen molar-refractivity contribution in [1.82, 2.24) is 25.2 Å². The van der Waals surface area contributed by atoms with E-state index in [2.05, 4.69) is 20.5 Å². The Labute approximate surface area is 139 Å². The summed E-state index contributed by atoms with van der Waals surface area (Å²) >= 11 is 1.32. The Balaban J connectivity index is 1.48. The van der Waals surface area contributed by atoms with E-state index in [9.17, 15) is 4.79 Å². The summed E-state index contributed by atoms with van der Waals surface area (Å²) in [5.41, 5.74) is 0.990. The van der Waals surface area contributed by atoms with Gasteiger partial charge < -0.3 is 9.15 Å². The highest BCUT2D eigenvalue weighted by atomic mass is 32.1. The number of ether oxygens (including phenoxy) is 1. The number of nitrogens with zero attached hydrogens (tertiary/aromatic N) is 5. The van der Waals surface area contributed by atoms with Gasteiger partial charge in [-0.2, -0.15) is 0 Å². The highest BCUT2D eigenvalue weighted by Crippen LogP contribution is 2.24. The van der Waals surface area contributed by atoms with Gasteiger partial charge in [0, 0.05) is 5.38 Å². The van der Waals surface area contributed by atoms with E-state index < -0.39 is 5.97 Å². The SMILES string of the molecule is O=C(Oc1ccc(-n2cnnn2)cc1)c1csc(-c2ccco2)n1. The number of tetrazole rings is 1. The van der Waals surface area contributed by atoms with Crippen molar-refractivity contribution in [3.05, 3.63) is 60.1 Å². The molecule has 9 heteroatoms. The average molecular weight is 339 g/mol. The number of furan rings is 1. The first-order valence-corrected chi connectivity index (χ1v) is 7.72. The predicted molar refractivity (Wildman–Crippen MR) is 83.9 cm³/mol. The number of hydrogen-bond donors (Lipinski definition) is 0. The number of esters is 1. The van der Waals surface area contributed by atoms with Crippen LogP contribution in [0.4, 0.5) is 0 Å². The summed E-state index contributed by atoms with van der Waals surface area (Å²) < 4.78 is 12.1. The van der Waals surface area contributed by atoms with Crippen LogP contribution >= 0.6 is 11.3 Å². The third-order valence-corrected chi connectivity index (χ3v) is 3.96. The van der Waals surface area contributed by atoms with Crippen molar-refractivity contribution in [2.24, 2.45) is 0 Å². The molecular weight excluding hydrogens is 330 g/mol. The lowest BCUT2D eigenvalue weighted by Crippen LogP contribution is -2.09. The van der Waals surface area contributed by atoms with Gasteiger partial charge in [0.25, 0.3) is 0 Å². The van der Waals surface area contributed by atoms with Gasteiger partial charge in [0.05, 0.1) is 12.0 Å². The Morgan fingerprint density at radius 3 is 2.79 bits per heavy atom. The number of benzene rings is 1. The summed E-state index contributed by atoms with van der Waals surface area (Å²) in [6, 6.07) is 10.4. The molecule has 0 saturated carbocycles. The van der Waals surface area contributed by atoms with E-state index in [1.54, 1.807) is 48.0 Å². The van der Waals surface area contributed by atoms with Crippen molar-refractivity contribution in [3.63, 3.8) is 0 Å². The molecule has 4 rings (SSSR count). The van der Waals surface area contributed by atoms with Gasteiger partial charge >= 0.3 is 5.97 Å². The van der Waals surface area contributed by atoms with Crippen LogP contribution < -0.4 is 4.74 Å². The molecule has 24 heavy (non-hydrogen) atoms. The van der Waals surface area contributed by atoms with E-state index in [4.69, 9.17) is 9.15 Å². The van der Waals surface area contributed by atoms with Gasteiger partial charge in [-0.15, -0.1) is 16.4 Å². The van der Waals surface area contributed by atoms with Crippen LogP contribution in [0.5, 0.6) is 5.75 Å². The van der Waals surface area contributed by atoms with Crippen LogP contribution in [0.15, 0.2) is 58.8 Å². The maximum Gasteiger partial charge on any atom is 0.363 e. The summed E-state index contributed by atoms with van der Waals surface area (Å²) in [7, 11) is 0. The molecule has 0 fully saturated rings. The molecule has 4 aromatic rings. The van der Waals surface area contributed by atoms with Gasteiger partial charge in [0.1, 0.15) is 12.1 Å². The molecule has 0 aliphatic heterocycles. The molecule has 8 nitrogen and oxygen atoms in total. The first-order chi connectivity index (χ1) is 11.8. The lowest BCUT2D eigenvalue weighted by atomic mass is 10.3. The molecule has 0 radical (unpaired) electrons. The molecule has 0 spiro atoms. The van der Waals surface area contributed by atoms with E-state index in [-0.39, 0.29) is 5.69 Å². The van der Waals surface area contributed by atoms with Crippen molar-refractivity contribution in [2.75, 3.05) is 0 Å². The quantitative estimate of drug-likeness (QED) is 0.416. The normalized spacial score (nSPS) is 10.7. The van der Waals surface area contributed by atoms with Gasteiger partial charge in [-0.25, -0.2) is 14.5 Å². The maximum atomic E-state index is 12.2. The predicted octanol–water partition coefficient (Wildman–Crippen LogP) is 2.60. The molecule has 1 aromatic carbocycles. The molecule has 0 atom stereocenters. The minimum atomic E-state index is -0.528. The van der Waals surface area contributed by atoms with Crippen LogP contribution in [-0.4, -0.2) is 31.2 Å². The van der Waals surface area contributed by atoms with Crippen LogP contribution in [-0.2, 0) is 0 Å². The lowest BCUT2D eigenvalue weighted by molar-refractivity contribution is 0.0729. The van der Waals surface area contributed by atoms with E-state index in [0.717, 1.165) is 5.69 Å². The molecular formula is C15H9N5O3S. The van der Waals surface area contributed by atoms with Gasteiger partial charge in [0.15, 0.2) is 16.5 Å². The van der Waals surface area contributed by atoms with E-state index in [0.29, 0.717) is 16.5 Å². The van der Waals surface area contributed by atoms with Crippen LogP contribution in [0.25, 0.3) is 16.5 Å². The van der Waals surface area contributed by atoms with Crippen molar-refractivity contribution in [3.8, 4) is 22.2 Å². The standard InChI is InChI=1S/C15H9N5O3S/c21-15(12-8-24-14(17-12)13-2-1-7-22-13)23-11-5-3-10(4-6-11)20-9-16-18-19-20/h1-9H. The third-order valence-electron chi connectivity index (χ3n) is 3.11. The van der Waals surface area contributed by atoms with E-state index in [1.807, 2.05) is 0 Å². The molecule has 0 unspecified atom stereocenters. The van der Waals surface area contributed by atoms with Crippen LogP contribution in [0.1, 0.15) is 10.5 Å². The average Bonchev–Trinajstić information content (AvgIpc) is 3.35. The van der Waals surface area contributed by atoms with Gasteiger partial charge in [0.2, 0.25) is 0 Å². The zero-order valence-corrected chi connectivity index (χ0v) is 12.9. The fourth-order valence-electron chi connectivity index (χ4n) is 1.99. The molecule has 0 saturated heterocycles. The molecule has 0 N–H and O–H groups in total. The molecule has 3 aromatic heterocycles. The number of hydrogen-bond acceptors (Lipinski definition) is 8. The van der Waals surface area contributed by atoms with Gasteiger partial charge in [-0.1, -0.05) is 0 Å². The van der Waals surface area contributed by atoms with Crippen LogP contribution in [0, 0.1) is 0 Å². The Bertz CT molecular complexity index is 946. The minimum Gasteiger partial charge on any atom is -0.462 e. The lowest BCUT2D eigenvalue weighted by Gasteiger charge is -2.03. The highest BCUT2D eigenvalue weighted by Gasteiger charge is 2.15. The van der Waals surface area contributed by atoms with Crippen molar-refractivity contribution >= 4 is 17.3 Å². The fraction of sp³-hybridized carbons (Fsp3) is 0. The molecule has 0 aliphatic rings. The summed E-state index contributed by atoms with van der Waals surface area (Å²) in [5.74, 6) is 0.494. The third kappa shape index (κ3) is 2.79. The topological polar surface area (TPSA) is 95.9 Å². The second kappa shape index (κ2) is 6.05. The second-order valence-corrected chi connectivity index (χ2v) is 5.51. The first kappa shape index (κ1) is 14.3. The zero-order chi connectivity index (χ0) is 16.4. The first-order valence-electron chi connectivity index (χ1n) is 6.84. The smallest absolute Gasteiger partial charge is 0.363 e. The summed E-state index contributed by atoms with van der Waals surface area (Å²) in [4.78, 5) is 16.4. The second-order valence-electron chi connectivity index (χ2n) is 4.65. The number of carbonyl (C=O) groups is 1. The maximum absolute atomic E-state index is 12.2. The number of aromatic nitrogens is 5.